The van der Waals surface area contributed by atoms with Gasteiger partial charge in [0, 0.05) is 29.1 Å². The molecule has 2 aliphatic heterocycles. The molecule has 168 valence electrons. The molecule has 5 atom stereocenters. The van der Waals surface area contributed by atoms with Crippen molar-refractivity contribution in [1.29, 1.82) is 0 Å². The van der Waals surface area contributed by atoms with Crippen LogP contribution in [0, 0.1) is 11.8 Å². The zero-order valence-electron chi connectivity index (χ0n) is 17.2. The Morgan fingerprint density at radius 2 is 2.06 bits per heavy atom. The molecule has 1 aromatic carbocycles. The molecule has 3 aliphatic rings. The van der Waals surface area contributed by atoms with Crippen molar-refractivity contribution in [3.05, 3.63) is 53.6 Å². The van der Waals surface area contributed by atoms with Gasteiger partial charge in [-0.1, -0.05) is 24.3 Å². The van der Waals surface area contributed by atoms with E-state index < -0.39 is 30.1 Å². The number of carbonyl (C=O) groups excluding carboxylic acids is 1. The van der Waals surface area contributed by atoms with Crippen molar-refractivity contribution in [1.82, 2.24) is 0 Å². The number of nitrogens with one attached hydrogen (secondary N) is 1. The van der Waals surface area contributed by atoms with Crippen molar-refractivity contribution < 1.29 is 32.2 Å². The molecule has 1 saturated heterocycles. The molecular weight excluding hydrogens is 411 g/mol. The maximum Gasteiger partial charge on any atom is 0.508 e. The van der Waals surface area contributed by atoms with Crippen molar-refractivity contribution >= 4 is 11.8 Å². The Morgan fingerprint density at radius 3 is 2.77 bits per heavy atom. The molecule has 0 spiro atoms. The fourth-order valence-electron chi connectivity index (χ4n) is 4.70. The highest BCUT2D eigenvalue weighted by Gasteiger charge is 2.45. The lowest BCUT2D eigenvalue weighted by Crippen LogP contribution is -2.47. The highest BCUT2D eigenvalue weighted by Crippen LogP contribution is 2.49. The fourth-order valence-corrected chi connectivity index (χ4v) is 4.70. The van der Waals surface area contributed by atoms with Crippen molar-refractivity contribution in [2.24, 2.45) is 11.8 Å². The summed E-state index contributed by atoms with van der Waals surface area (Å²) in [4.78, 5) is 11.5. The number of ether oxygens (including phenoxy) is 3. The van der Waals surface area contributed by atoms with E-state index in [0.717, 1.165) is 18.9 Å². The highest BCUT2D eigenvalue weighted by atomic mass is 19.4. The summed E-state index contributed by atoms with van der Waals surface area (Å²) in [6.45, 7) is 1.90. The van der Waals surface area contributed by atoms with Gasteiger partial charge in [0.2, 0.25) is 0 Å². The van der Waals surface area contributed by atoms with E-state index in [1.54, 1.807) is 6.92 Å². The fraction of sp³-hybridized carbons (Fsp3) is 0.522. The lowest BCUT2D eigenvalue weighted by atomic mass is 9.73. The van der Waals surface area contributed by atoms with Gasteiger partial charge in [-0.05, 0) is 44.4 Å². The largest absolute Gasteiger partial charge is 0.508 e. The van der Waals surface area contributed by atoms with Gasteiger partial charge in [-0.15, -0.1) is 0 Å². The van der Waals surface area contributed by atoms with Gasteiger partial charge < -0.3 is 19.5 Å². The van der Waals surface area contributed by atoms with E-state index >= 15 is 0 Å². The van der Waals surface area contributed by atoms with Crippen LogP contribution in [0.1, 0.15) is 43.4 Å². The van der Waals surface area contributed by atoms with Crippen LogP contribution < -0.4 is 5.32 Å². The molecule has 0 saturated carbocycles. The minimum Gasteiger partial charge on any atom is -0.435 e. The third-order valence-electron chi connectivity index (χ3n) is 6.14. The maximum absolute atomic E-state index is 13.4. The Labute approximate surface area is 179 Å². The summed E-state index contributed by atoms with van der Waals surface area (Å²) >= 11 is 0. The number of halogens is 3. The van der Waals surface area contributed by atoms with Crippen LogP contribution in [0.3, 0.4) is 0 Å². The molecule has 1 aliphatic carbocycles. The van der Waals surface area contributed by atoms with Crippen molar-refractivity contribution in [2.45, 2.75) is 50.6 Å². The molecule has 5 nitrogen and oxygen atoms in total. The first-order chi connectivity index (χ1) is 14.9. The first-order valence-electron chi connectivity index (χ1n) is 10.6. The molecular formula is C23H26F3NO4. The number of hydrogen-bond acceptors (Lipinski definition) is 5. The van der Waals surface area contributed by atoms with Gasteiger partial charge in [0.15, 0.2) is 0 Å². The average molecular weight is 437 g/mol. The van der Waals surface area contributed by atoms with Crippen molar-refractivity contribution in [3.8, 4) is 0 Å². The third kappa shape index (κ3) is 4.74. The molecule has 0 bridgehead atoms. The summed E-state index contributed by atoms with van der Waals surface area (Å²) in [7, 11) is 0. The number of hydrogen-bond donors (Lipinski definition) is 1. The average Bonchev–Trinajstić information content (AvgIpc) is 2.77. The summed E-state index contributed by atoms with van der Waals surface area (Å²) in [6, 6.07) is 3.82. The molecule has 1 fully saturated rings. The van der Waals surface area contributed by atoms with Gasteiger partial charge in [0.25, 0.3) is 0 Å². The van der Waals surface area contributed by atoms with Gasteiger partial charge in [-0.2, -0.15) is 13.2 Å². The van der Waals surface area contributed by atoms with Gasteiger partial charge in [-0.25, -0.2) is 4.79 Å². The highest BCUT2D eigenvalue weighted by molar-refractivity contribution is 5.60. The van der Waals surface area contributed by atoms with Crippen LogP contribution in [-0.4, -0.2) is 31.5 Å². The SMILES string of the molecule is CCOC(=O)OC[C@H]1CC[C@@H]2[C@H](O1)c1cc(C(F)(F)F)ccc1N[C@H]2C1C=CC=CC1. The number of fused-ring (bicyclic) bond motifs is 3. The molecule has 8 heteroatoms. The Bertz CT molecular complexity index is 867. The molecule has 0 amide bonds. The lowest BCUT2D eigenvalue weighted by molar-refractivity contribution is -0.138. The Hall–Kier alpha value is -2.48. The van der Waals surface area contributed by atoms with E-state index in [9.17, 15) is 18.0 Å². The zero-order chi connectivity index (χ0) is 22.0. The number of anilines is 1. The van der Waals surface area contributed by atoms with E-state index in [4.69, 9.17) is 14.2 Å². The number of allylic oxidation sites excluding steroid dienone is 3. The van der Waals surface area contributed by atoms with E-state index in [0.29, 0.717) is 17.7 Å². The Balaban J connectivity index is 1.60. The quantitative estimate of drug-likeness (QED) is 0.618. The van der Waals surface area contributed by atoms with Gasteiger partial charge in [0.05, 0.1) is 24.4 Å². The van der Waals surface area contributed by atoms with Crippen LogP contribution in [0.25, 0.3) is 0 Å². The molecule has 2 heterocycles. The van der Waals surface area contributed by atoms with Gasteiger partial charge in [-0.3, -0.25) is 0 Å². The predicted molar refractivity (Wildman–Crippen MR) is 109 cm³/mol. The van der Waals surface area contributed by atoms with E-state index in [1.165, 1.54) is 12.1 Å². The summed E-state index contributed by atoms with van der Waals surface area (Å²) in [5.41, 5.74) is 0.473. The molecule has 0 aromatic heterocycles. The minimum absolute atomic E-state index is 0.0102. The second kappa shape index (κ2) is 8.94. The number of carbonyl (C=O) groups is 1. The molecule has 1 aromatic rings. The van der Waals surface area contributed by atoms with Crippen LogP contribution >= 0.6 is 0 Å². The number of rotatable bonds is 4. The number of alkyl halides is 3. The Kier molecular flexibility index (Phi) is 6.27. The summed E-state index contributed by atoms with van der Waals surface area (Å²) < 4.78 is 56.2. The van der Waals surface area contributed by atoms with E-state index in [1.807, 2.05) is 12.2 Å². The smallest absolute Gasteiger partial charge is 0.435 e. The summed E-state index contributed by atoms with van der Waals surface area (Å²) in [5.74, 6) is 0.236. The number of benzene rings is 1. The first-order valence-corrected chi connectivity index (χ1v) is 10.6. The van der Waals surface area contributed by atoms with Crippen LogP contribution in [-0.2, 0) is 20.4 Å². The van der Waals surface area contributed by atoms with E-state index in [-0.39, 0.29) is 31.1 Å². The van der Waals surface area contributed by atoms with Crippen LogP contribution in [0.2, 0.25) is 0 Å². The van der Waals surface area contributed by atoms with E-state index in [2.05, 4.69) is 17.5 Å². The molecule has 1 unspecified atom stereocenters. The summed E-state index contributed by atoms with van der Waals surface area (Å²) in [5, 5.41) is 3.49. The maximum atomic E-state index is 13.4. The first kappa shape index (κ1) is 21.7. The molecule has 4 rings (SSSR count). The van der Waals surface area contributed by atoms with Gasteiger partial charge in [0.1, 0.15) is 6.61 Å². The van der Waals surface area contributed by atoms with Crippen LogP contribution in [0.15, 0.2) is 42.5 Å². The minimum atomic E-state index is -4.43. The normalized spacial score (nSPS) is 29.5. The zero-order valence-corrected chi connectivity index (χ0v) is 17.2. The standard InChI is InChI=1S/C23H26F3NO4/c1-2-29-22(28)30-13-16-9-10-17-20(14-6-4-3-5-7-14)27-19-11-8-15(23(24,25)26)12-18(19)21(17)31-16/h3-6,8,11-12,14,16-17,20-21,27H,2,7,9-10,13H2,1H3/t14?,16-,17+,20+,21+/m1/s1. The van der Waals surface area contributed by atoms with Crippen molar-refractivity contribution in [2.75, 3.05) is 18.5 Å². The molecule has 1 N–H and O–H groups in total. The Morgan fingerprint density at radius 1 is 1.23 bits per heavy atom. The van der Waals surface area contributed by atoms with Crippen molar-refractivity contribution in [3.63, 3.8) is 0 Å². The second-order valence-corrected chi connectivity index (χ2v) is 8.10. The third-order valence-corrected chi connectivity index (χ3v) is 6.14. The van der Waals surface area contributed by atoms with Crippen LogP contribution in [0.5, 0.6) is 0 Å². The lowest BCUT2D eigenvalue weighted by Gasteiger charge is -2.47. The molecule has 0 radical (unpaired) electrons. The van der Waals surface area contributed by atoms with Crippen LogP contribution in [0.4, 0.5) is 23.7 Å². The second-order valence-electron chi connectivity index (χ2n) is 8.10. The predicted octanol–water partition coefficient (Wildman–Crippen LogP) is 5.64. The monoisotopic (exact) mass is 437 g/mol. The molecule has 31 heavy (non-hydrogen) atoms. The van der Waals surface area contributed by atoms with Gasteiger partial charge >= 0.3 is 12.3 Å². The topological polar surface area (TPSA) is 56.8 Å². The summed E-state index contributed by atoms with van der Waals surface area (Å²) in [6.07, 6.45) is 4.41.